The molecule has 1 aliphatic heterocycles. The fraction of sp³-hybridized carbons (Fsp3) is 0.174. The molecule has 1 aromatic heterocycles. The van der Waals surface area contributed by atoms with E-state index >= 15 is 0 Å². The first-order valence-electron chi connectivity index (χ1n) is 9.80. The zero-order chi connectivity index (χ0) is 22.8. The predicted molar refractivity (Wildman–Crippen MR) is 119 cm³/mol. The Labute approximate surface area is 187 Å². The fourth-order valence-corrected chi connectivity index (χ4v) is 4.58. The lowest BCUT2D eigenvalue weighted by molar-refractivity contribution is -0.121. The summed E-state index contributed by atoms with van der Waals surface area (Å²) < 4.78 is 7.36. The van der Waals surface area contributed by atoms with Crippen LogP contribution >= 0.6 is 11.3 Å². The van der Waals surface area contributed by atoms with Gasteiger partial charge >= 0.3 is 5.97 Å². The number of benzene rings is 2. The van der Waals surface area contributed by atoms with E-state index in [1.165, 1.54) is 24.5 Å². The molecule has 32 heavy (non-hydrogen) atoms. The number of hydrogen-bond acceptors (Lipinski definition) is 6. The topological polar surface area (TPSA) is 98.0 Å². The van der Waals surface area contributed by atoms with Crippen molar-refractivity contribution in [2.24, 2.45) is 4.99 Å². The van der Waals surface area contributed by atoms with Gasteiger partial charge in [0.2, 0.25) is 11.8 Å². The van der Waals surface area contributed by atoms with Gasteiger partial charge in [0.1, 0.15) is 0 Å². The molecule has 0 aliphatic carbocycles. The Kier molecular flexibility index (Phi) is 5.83. The number of fused-ring (bicyclic) bond motifs is 1. The fourth-order valence-electron chi connectivity index (χ4n) is 3.50. The molecule has 1 saturated heterocycles. The number of ether oxygens (including phenoxy) is 1. The van der Waals surface area contributed by atoms with Crippen molar-refractivity contribution in [2.45, 2.75) is 19.4 Å². The number of amides is 3. The van der Waals surface area contributed by atoms with Crippen LogP contribution in [0.5, 0.6) is 0 Å². The molecule has 0 atom stereocenters. The van der Waals surface area contributed by atoms with Gasteiger partial charge in [-0.25, -0.2) is 4.79 Å². The van der Waals surface area contributed by atoms with E-state index in [0.29, 0.717) is 22.6 Å². The summed E-state index contributed by atoms with van der Waals surface area (Å²) in [6, 6.07) is 11.4. The molecule has 0 N–H and O–H groups in total. The average Bonchev–Trinajstić information content (AvgIpc) is 3.31. The number of rotatable bonds is 5. The molecular formula is C23H19N3O5S. The summed E-state index contributed by atoms with van der Waals surface area (Å²) in [7, 11) is 1.32. The van der Waals surface area contributed by atoms with Crippen LogP contribution in [-0.4, -0.2) is 35.4 Å². The number of imide groups is 1. The molecule has 1 aliphatic rings. The van der Waals surface area contributed by atoms with E-state index in [-0.39, 0.29) is 30.2 Å². The zero-order valence-electron chi connectivity index (χ0n) is 17.2. The Hall–Kier alpha value is -3.85. The lowest BCUT2D eigenvalue weighted by Gasteiger charge is -2.14. The van der Waals surface area contributed by atoms with Gasteiger partial charge in [0.15, 0.2) is 4.80 Å². The smallest absolute Gasteiger partial charge is 0.337 e. The third-order valence-electron chi connectivity index (χ3n) is 5.02. The highest BCUT2D eigenvalue weighted by Gasteiger charge is 2.30. The molecule has 2 aromatic carbocycles. The molecule has 3 amide bonds. The monoisotopic (exact) mass is 449 g/mol. The van der Waals surface area contributed by atoms with E-state index < -0.39 is 11.9 Å². The highest BCUT2D eigenvalue weighted by molar-refractivity contribution is 7.16. The molecule has 8 nitrogen and oxygen atoms in total. The molecule has 3 aromatic rings. The summed E-state index contributed by atoms with van der Waals surface area (Å²) in [6.07, 6.45) is 2.02. The molecule has 4 rings (SSSR count). The lowest BCUT2D eigenvalue weighted by atomic mass is 10.2. The predicted octanol–water partition coefficient (Wildman–Crippen LogP) is 3.07. The van der Waals surface area contributed by atoms with Crippen LogP contribution < -0.4 is 9.70 Å². The molecule has 9 heteroatoms. The minimum Gasteiger partial charge on any atom is -0.465 e. The van der Waals surface area contributed by atoms with E-state index in [0.717, 1.165) is 15.1 Å². The average molecular weight is 449 g/mol. The van der Waals surface area contributed by atoms with Crippen molar-refractivity contribution in [1.82, 2.24) is 4.57 Å². The van der Waals surface area contributed by atoms with Gasteiger partial charge in [-0.15, -0.1) is 6.58 Å². The van der Waals surface area contributed by atoms with Crippen molar-refractivity contribution in [3.05, 3.63) is 71.0 Å². The van der Waals surface area contributed by atoms with Crippen molar-refractivity contribution in [3.63, 3.8) is 0 Å². The molecule has 0 radical (unpaired) electrons. The number of methoxy groups -OCH3 is 1. The van der Waals surface area contributed by atoms with Crippen LogP contribution in [-0.2, 0) is 20.9 Å². The van der Waals surface area contributed by atoms with Crippen molar-refractivity contribution in [2.75, 3.05) is 12.0 Å². The Bertz CT molecular complexity index is 1340. The van der Waals surface area contributed by atoms with E-state index in [1.807, 2.05) is 4.57 Å². The third-order valence-corrected chi connectivity index (χ3v) is 6.06. The van der Waals surface area contributed by atoms with Crippen LogP contribution in [0.1, 0.15) is 33.6 Å². The van der Waals surface area contributed by atoms with E-state index in [2.05, 4.69) is 11.6 Å². The number of allylic oxidation sites excluding steroid dienone is 1. The van der Waals surface area contributed by atoms with Crippen LogP contribution in [0.2, 0.25) is 0 Å². The summed E-state index contributed by atoms with van der Waals surface area (Å²) in [5.41, 5.74) is 1.82. The van der Waals surface area contributed by atoms with Crippen molar-refractivity contribution < 1.29 is 23.9 Å². The van der Waals surface area contributed by atoms with Crippen molar-refractivity contribution in [1.29, 1.82) is 0 Å². The largest absolute Gasteiger partial charge is 0.465 e. The SMILES string of the molecule is C=CCn1c(=NC(=O)c2cccc(N3C(=O)CCC3=O)c2)sc2cc(C(=O)OC)ccc21. The Balaban J connectivity index is 1.76. The number of esters is 1. The van der Waals surface area contributed by atoms with E-state index in [9.17, 15) is 19.2 Å². The van der Waals surface area contributed by atoms with Crippen LogP contribution in [0.3, 0.4) is 0 Å². The molecule has 0 saturated carbocycles. The van der Waals surface area contributed by atoms with Gasteiger partial charge < -0.3 is 9.30 Å². The van der Waals surface area contributed by atoms with Gasteiger partial charge in [-0.1, -0.05) is 23.5 Å². The highest BCUT2D eigenvalue weighted by atomic mass is 32.1. The molecule has 0 spiro atoms. The van der Waals surface area contributed by atoms with Crippen LogP contribution in [0.15, 0.2) is 60.1 Å². The van der Waals surface area contributed by atoms with Gasteiger partial charge in [-0.3, -0.25) is 19.3 Å². The number of nitrogens with zero attached hydrogens (tertiary/aromatic N) is 3. The Morgan fingerprint density at radius 3 is 2.56 bits per heavy atom. The zero-order valence-corrected chi connectivity index (χ0v) is 18.1. The second-order valence-electron chi connectivity index (χ2n) is 7.05. The number of hydrogen-bond donors (Lipinski definition) is 0. The number of carbonyl (C=O) groups is 4. The summed E-state index contributed by atoms with van der Waals surface area (Å²) in [6.45, 7) is 4.18. The van der Waals surface area contributed by atoms with Gasteiger partial charge in [0, 0.05) is 24.9 Å². The first-order chi connectivity index (χ1) is 15.4. The summed E-state index contributed by atoms with van der Waals surface area (Å²) >= 11 is 1.26. The molecule has 2 heterocycles. The minimum absolute atomic E-state index is 0.165. The maximum absolute atomic E-state index is 12.9. The first-order valence-corrected chi connectivity index (χ1v) is 10.6. The Morgan fingerprint density at radius 1 is 1.12 bits per heavy atom. The molecule has 0 bridgehead atoms. The van der Waals surface area contributed by atoms with Crippen LogP contribution in [0, 0.1) is 0 Å². The highest BCUT2D eigenvalue weighted by Crippen LogP contribution is 2.24. The van der Waals surface area contributed by atoms with Gasteiger partial charge in [-0.05, 0) is 36.4 Å². The quantitative estimate of drug-likeness (QED) is 0.339. The minimum atomic E-state index is -0.511. The molecular weight excluding hydrogens is 430 g/mol. The van der Waals surface area contributed by atoms with Crippen LogP contribution in [0.25, 0.3) is 10.2 Å². The van der Waals surface area contributed by atoms with Gasteiger partial charge in [-0.2, -0.15) is 4.99 Å². The first kappa shape index (κ1) is 21.4. The lowest BCUT2D eigenvalue weighted by Crippen LogP contribution is -2.28. The molecule has 0 unspecified atom stereocenters. The van der Waals surface area contributed by atoms with Gasteiger partial charge in [0.05, 0.1) is 28.6 Å². The second-order valence-corrected chi connectivity index (χ2v) is 8.06. The van der Waals surface area contributed by atoms with E-state index in [4.69, 9.17) is 4.74 Å². The second kappa shape index (κ2) is 8.72. The summed E-state index contributed by atoms with van der Waals surface area (Å²) in [5, 5.41) is 0. The standard InChI is InChI=1S/C23H19N3O5S/c1-3-11-25-17-8-7-15(22(30)31-2)13-18(17)32-23(25)24-21(29)14-5-4-6-16(12-14)26-19(27)9-10-20(26)28/h3-8,12-13H,1,9-11H2,2H3. The number of carbonyl (C=O) groups excluding carboxylic acids is 4. The van der Waals surface area contributed by atoms with Gasteiger partial charge in [0.25, 0.3) is 5.91 Å². The van der Waals surface area contributed by atoms with Crippen LogP contribution in [0.4, 0.5) is 5.69 Å². The summed E-state index contributed by atoms with van der Waals surface area (Å²) in [4.78, 5) is 54.6. The van der Waals surface area contributed by atoms with Crippen molar-refractivity contribution in [3.8, 4) is 0 Å². The summed E-state index contributed by atoms with van der Waals surface area (Å²) in [5.74, 6) is -1.53. The number of aromatic nitrogens is 1. The number of anilines is 1. The Morgan fingerprint density at radius 2 is 1.88 bits per heavy atom. The van der Waals surface area contributed by atoms with Crippen molar-refractivity contribution >= 4 is 50.9 Å². The molecule has 1 fully saturated rings. The maximum atomic E-state index is 12.9. The normalized spacial score (nSPS) is 14.3. The number of thiazole rings is 1. The van der Waals surface area contributed by atoms with E-state index in [1.54, 1.807) is 42.5 Å². The maximum Gasteiger partial charge on any atom is 0.337 e. The molecule has 162 valence electrons. The third kappa shape index (κ3) is 3.90.